The molecule has 3 aliphatic rings. The quantitative estimate of drug-likeness (QED) is 0.403. The van der Waals surface area contributed by atoms with Gasteiger partial charge in [-0.15, -0.1) is 0 Å². The Morgan fingerprint density at radius 3 is 2.59 bits per heavy atom. The summed E-state index contributed by atoms with van der Waals surface area (Å²) in [5.41, 5.74) is 0. The smallest absolute Gasteiger partial charge is 0.308 e. The van der Waals surface area contributed by atoms with Gasteiger partial charge < -0.3 is 14.6 Å². The van der Waals surface area contributed by atoms with E-state index in [9.17, 15) is 14.7 Å². The minimum atomic E-state index is -0.573. The van der Waals surface area contributed by atoms with Crippen LogP contribution in [0.25, 0.3) is 0 Å². The number of cyclic esters (lactones) is 1. The van der Waals surface area contributed by atoms with E-state index in [1.54, 1.807) is 0 Å². The van der Waals surface area contributed by atoms with E-state index < -0.39 is 6.10 Å². The lowest BCUT2D eigenvalue weighted by molar-refractivity contribution is -0.164. The molecule has 0 aromatic heterocycles. The third-order valence-electron chi connectivity index (χ3n) is 8.15. The molecule has 2 fully saturated rings. The molecule has 0 aromatic carbocycles. The van der Waals surface area contributed by atoms with Gasteiger partial charge in [0.2, 0.25) is 0 Å². The van der Waals surface area contributed by atoms with Crippen molar-refractivity contribution in [1.29, 1.82) is 0 Å². The van der Waals surface area contributed by atoms with Gasteiger partial charge in [0.25, 0.3) is 0 Å². The van der Waals surface area contributed by atoms with Gasteiger partial charge in [-0.05, 0) is 68.1 Å². The van der Waals surface area contributed by atoms with E-state index in [2.05, 4.69) is 32.9 Å². The predicted molar refractivity (Wildman–Crippen MR) is 125 cm³/mol. The number of rotatable bonds is 8. The standard InChI is InChI=1S/C27H44O5/c1-6-18(5)27(30)32-24-13-17(4)12-19-10-11-22(16(2)3)23(26(19)24)9-7-8-21-14-20(28)15-25(29)31-21/h10-11,16-24,26,28H,6-9,12-15H2,1-5H3/t17-,18-,19-,20+,21+,22+,23-,24-,26-/m0/s1. The van der Waals surface area contributed by atoms with Gasteiger partial charge in [-0.2, -0.15) is 0 Å². The number of aliphatic hydroxyl groups excluding tert-OH is 1. The second kappa shape index (κ2) is 11.2. The molecule has 5 heteroatoms. The molecule has 1 N–H and O–H groups in total. The van der Waals surface area contributed by atoms with Crippen molar-refractivity contribution >= 4 is 11.9 Å². The van der Waals surface area contributed by atoms with Crippen molar-refractivity contribution in [2.75, 3.05) is 0 Å². The minimum absolute atomic E-state index is 0.0178. The summed E-state index contributed by atoms with van der Waals surface area (Å²) in [4.78, 5) is 24.4. The summed E-state index contributed by atoms with van der Waals surface area (Å²) in [6, 6.07) is 0. The van der Waals surface area contributed by atoms with Crippen LogP contribution >= 0.6 is 0 Å². The average molecular weight is 449 g/mol. The third kappa shape index (κ3) is 6.15. The molecule has 1 saturated carbocycles. The van der Waals surface area contributed by atoms with Crippen molar-refractivity contribution in [1.82, 2.24) is 0 Å². The summed E-state index contributed by atoms with van der Waals surface area (Å²) in [6.07, 6.45) is 10.4. The summed E-state index contributed by atoms with van der Waals surface area (Å²) in [6.45, 7) is 10.8. The van der Waals surface area contributed by atoms with Gasteiger partial charge in [0.1, 0.15) is 12.2 Å². The Morgan fingerprint density at radius 2 is 1.94 bits per heavy atom. The Hall–Kier alpha value is -1.36. The monoisotopic (exact) mass is 448 g/mol. The molecular weight excluding hydrogens is 404 g/mol. The van der Waals surface area contributed by atoms with Crippen LogP contribution in [0.15, 0.2) is 12.2 Å². The van der Waals surface area contributed by atoms with Gasteiger partial charge in [-0.1, -0.05) is 46.8 Å². The van der Waals surface area contributed by atoms with E-state index in [0.717, 1.165) is 38.5 Å². The Balaban J connectivity index is 1.73. The first kappa shape index (κ1) is 25.3. The molecule has 0 radical (unpaired) electrons. The van der Waals surface area contributed by atoms with Gasteiger partial charge in [-0.25, -0.2) is 0 Å². The van der Waals surface area contributed by atoms with E-state index >= 15 is 0 Å². The van der Waals surface area contributed by atoms with E-state index in [1.807, 2.05) is 13.8 Å². The van der Waals surface area contributed by atoms with Crippen LogP contribution in [0.5, 0.6) is 0 Å². The molecule has 182 valence electrons. The summed E-state index contributed by atoms with van der Waals surface area (Å²) >= 11 is 0. The van der Waals surface area contributed by atoms with E-state index in [1.165, 1.54) is 0 Å². The Labute approximate surface area is 194 Å². The fourth-order valence-electron chi connectivity index (χ4n) is 6.30. The van der Waals surface area contributed by atoms with Crippen LogP contribution < -0.4 is 0 Å². The van der Waals surface area contributed by atoms with E-state index in [-0.39, 0.29) is 36.5 Å². The van der Waals surface area contributed by atoms with Crippen LogP contribution in [0.1, 0.15) is 86.0 Å². The summed E-state index contributed by atoms with van der Waals surface area (Å²) in [7, 11) is 0. The molecule has 0 bridgehead atoms. The van der Waals surface area contributed by atoms with Crippen molar-refractivity contribution in [3.63, 3.8) is 0 Å². The molecule has 3 rings (SSSR count). The number of allylic oxidation sites excluding steroid dienone is 2. The first-order chi connectivity index (χ1) is 15.2. The molecule has 32 heavy (non-hydrogen) atoms. The molecule has 2 aliphatic carbocycles. The average Bonchev–Trinajstić information content (AvgIpc) is 2.71. The highest BCUT2D eigenvalue weighted by Gasteiger charge is 2.46. The van der Waals surface area contributed by atoms with Crippen molar-refractivity contribution in [3.8, 4) is 0 Å². The molecule has 0 aromatic rings. The van der Waals surface area contributed by atoms with Crippen molar-refractivity contribution in [2.24, 2.45) is 41.4 Å². The first-order valence-electron chi connectivity index (χ1n) is 13.0. The number of esters is 2. The van der Waals surface area contributed by atoms with Crippen molar-refractivity contribution < 1.29 is 24.2 Å². The SMILES string of the molecule is CC[C@H](C)C(=O)O[C@H]1C[C@@H](C)C[C@@H]2C=C[C@H](C(C)C)[C@H](CCC[C@@H]3C[C@@H](O)CC(=O)O3)[C@@H]12. The Kier molecular flexibility index (Phi) is 8.82. The number of ether oxygens (including phenoxy) is 2. The highest BCUT2D eigenvalue weighted by atomic mass is 16.5. The molecule has 9 atom stereocenters. The first-order valence-corrected chi connectivity index (χ1v) is 13.0. The molecule has 1 heterocycles. The predicted octanol–water partition coefficient (Wildman–Crippen LogP) is 5.30. The zero-order valence-electron chi connectivity index (χ0n) is 20.7. The zero-order valence-corrected chi connectivity index (χ0v) is 20.7. The molecule has 0 unspecified atom stereocenters. The molecule has 0 spiro atoms. The maximum Gasteiger partial charge on any atom is 0.308 e. The third-order valence-corrected chi connectivity index (χ3v) is 8.15. The highest BCUT2D eigenvalue weighted by molar-refractivity contribution is 5.72. The van der Waals surface area contributed by atoms with E-state index in [0.29, 0.717) is 41.9 Å². The van der Waals surface area contributed by atoms with Crippen LogP contribution in [-0.2, 0) is 19.1 Å². The number of hydrogen-bond acceptors (Lipinski definition) is 5. The van der Waals surface area contributed by atoms with E-state index in [4.69, 9.17) is 9.47 Å². The van der Waals surface area contributed by atoms with Crippen LogP contribution in [0.2, 0.25) is 0 Å². The molecule has 0 amide bonds. The number of hydrogen-bond donors (Lipinski definition) is 1. The lowest BCUT2D eigenvalue weighted by Gasteiger charge is -2.49. The van der Waals surface area contributed by atoms with Gasteiger partial charge in [0, 0.05) is 12.3 Å². The van der Waals surface area contributed by atoms with Crippen LogP contribution in [0.4, 0.5) is 0 Å². The van der Waals surface area contributed by atoms with Gasteiger partial charge in [-0.3, -0.25) is 9.59 Å². The number of carbonyl (C=O) groups excluding carboxylic acids is 2. The van der Waals surface area contributed by atoms with Crippen LogP contribution in [0.3, 0.4) is 0 Å². The maximum atomic E-state index is 12.7. The lowest BCUT2D eigenvalue weighted by atomic mass is 9.58. The summed E-state index contributed by atoms with van der Waals surface area (Å²) < 4.78 is 11.7. The number of fused-ring (bicyclic) bond motifs is 1. The highest BCUT2D eigenvalue weighted by Crippen LogP contribution is 2.49. The molecule has 1 saturated heterocycles. The number of carbonyl (C=O) groups is 2. The van der Waals surface area contributed by atoms with Crippen LogP contribution in [-0.4, -0.2) is 35.4 Å². The maximum absolute atomic E-state index is 12.7. The summed E-state index contributed by atoms with van der Waals surface area (Å²) in [5.74, 6) is 2.42. The second-order valence-corrected chi connectivity index (χ2v) is 11.1. The fraction of sp³-hybridized carbons (Fsp3) is 0.852. The zero-order chi connectivity index (χ0) is 23.4. The normalized spacial score (nSPS) is 38.2. The summed E-state index contributed by atoms with van der Waals surface area (Å²) in [5, 5.41) is 9.92. The van der Waals surface area contributed by atoms with Crippen molar-refractivity contribution in [3.05, 3.63) is 12.2 Å². The minimum Gasteiger partial charge on any atom is -0.462 e. The second-order valence-electron chi connectivity index (χ2n) is 11.1. The Morgan fingerprint density at radius 1 is 1.19 bits per heavy atom. The van der Waals surface area contributed by atoms with Crippen molar-refractivity contribution in [2.45, 2.75) is 104 Å². The lowest BCUT2D eigenvalue weighted by Crippen LogP contribution is -2.47. The molecule has 1 aliphatic heterocycles. The fourth-order valence-corrected chi connectivity index (χ4v) is 6.30. The molecular formula is C27H44O5. The van der Waals surface area contributed by atoms with Crippen LogP contribution in [0, 0.1) is 41.4 Å². The van der Waals surface area contributed by atoms with Gasteiger partial charge in [0.05, 0.1) is 18.4 Å². The molecule has 5 nitrogen and oxygen atoms in total. The topological polar surface area (TPSA) is 72.8 Å². The van der Waals surface area contributed by atoms with Gasteiger partial charge >= 0.3 is 11.9 Å². The Bertz CT molecular complexity index is 671. The van der Waals surface area contributed by atoms with Gasteiger partial charge in [0.15, 0.2) is 0 Å². The number of aliphatic hydroxyl groups is 1. The largest absolute Gasteiger partial charge is 0.462 e.